The summed E-state index contributed by atoms with van der Waals surface area (Å²) in [5.74, 6) is -0.749. The van der Waals surface area contributed by atoms with Crippen molar-refractivity contribution in [3.63, 3.8) is 0 Å². The first-order valence-electron chi connectivity index (χ1n) is 7.29. The number of methoxy groups -OCH3 is 1. The molecule has 0 aliphatic carbocycles. The standard InChI is InChI=1S/C19H18O5/c1-13-3-7-15(8-4-13)16(20)9-5-14-6-10-17(18(11-14)23-2)24-12-19(21)22/h3-11H,12H2,1-2H3,(H,21,22)/p-1/b9-5+. The molecule has 0 aliphatic rings. The van der Waals surface area contributed by atoms with E-state index >= 15 is 0 Å². The van der Waals surface area contributed by atoms with Crippen LogP contribution in [0.15, 0.2) is 48.5 Å². The molecule has 0 N–H and O–H groups in total. The molecule has 2 rings (SSSR count). The van der Waals surface area contributed by atoms with Crippen molar-refractivity contribution in [1.82, 2.24) is 0 Å². The third kappa shape index (κ3) is 4.71. The van der Waals surface area contributed by atoms with E-state index in [0.717, 1.165) is 11.1 Å². The van der Waals surface area contributed by atoms with Crippen molar-refractivity contribution in [2.45, 2.75) is 6.92 Å². The van der Waals surface area contributed by atoms with Crippen molar-refractivity contribution in [2.75, 3.05) is 13.7 Å². The van der Waals surface area contributed by atoms with Crippen molar-refractivity contribution in [3.05, 3.63) is 65.2 Å². The molecule has 0 saturated carbocycles. The van der Waals surface area contributed by atoms with E-state index < -0.39 is 12.6 Å². The average molecular weight is 325 g/mol. The van der Waals surface area contributed by atoms with Crippen LogP contribution in [0.3, 0.4) is 0 Å². The predicted octanol–water partition coefficient (Wildman–Crippen LogP) is 2.03. The molecule has 0 radical (unpaired) electrons. The molecule has 0 saturated heterocycles. The van der Waals surface area contributed by atoms with Gasteiger partial charge >= 0.3 is 0 Å². The van der Waals surface area contributed by atoms with Crippen molar-refractivity contribution in [2.24, 2.45) is 0 Å². The van der Waals surface area contributed by atoms with Gasteiger partial charge in [-0.2, -0.15) is 0 Å². The van der Waals surface area contributed by atoms with Crippen LogP contribution < -0.4 is 14.6 Å². The third-order valence-corrected chi connectivity index (χ3v) is 3.30. The SMILES string of the molecule is COc1cc(/C=C/C(=O)c2ccc(C)cc2)ccc1OCC(=O)[O-]. The molecule has 2 aromatic rings. The van der Waals surface area contributed by atoms with Gasteiger partial charge in [0.1, 0.15) is 6.61 Å². The quantitative estimate of drug-likeness (QED) is 0.575. The second-order valence-electron chi connectivity index (χ2n) is 5.13. The third-order valence-electron chi connectivity index (χ3n) is 3.30. The van der Waals surface area contributed by atoms with E-state index in [2.05, 4.69) is 0 Å². The maximum absolute atomic E-state index is 12.1. The summed E-state index contributed by atoms with van der Waals surface area (Å²) in [6.07, 6.45) is 3.13. The molecule has 5 heteroatoms. The van der Waals surface area contributed by atoms with Gasteiger partial charge in [0.25, 0.3) is 0 Å². The first-order chi connectivity index (χ1) is 11.5. The lowest BCUT2D eigenvalue weighted by atomic mass is 10.1. The number of benzene rings is 2. The van der Waals surface area contributed by atoms with Gasteiger partial charge in [-0.05, 0) is 30.7 Å². The molecule has 0 aliphatic heterocycles. The summed E-state index contributed by atoms with van der Waals surface area (Å²) in [5.41, 5.74) is 2.43. The number of rotatable bonds is 7. The average Bonchev–Trinajstić information content (AvgIpc) is 2.58. The molecule has 0 bridgehead atoms. The second kappa shape index (κ2) is 7.97. The molecule has 2 aromatic carbocycles. The van der Waals surface area contributed by atoms with Gasteiger partial charge in [0, 0.05) is 5.56 Å². The highest BCUT2D eigenvalue weighted by atomic mass is 16.5. The summed E-state index contributed by atoms with van der Waals surface area (Å²) in [7, 11) is 1.45. The zero-order chi connectivity index (χ0) is 17.5. The predicted molar refractivity (Wildman–Crippen MR) is 88.0 cm³/mol. The monoisotopic (exact) mass is 325 g/mol. The Morgan fingerprint density at radius 1 is 1.08 bits per heavy atom. The smallest absolute Gasteiger partial charge is 0.185 e. The molecule has 0 aromatic heterocycles. The maximum Gasteiger partial charge on any atom is 0.185 e. The lowest BCUT2D eigenvalue weighted by Gasteiger charge is -2.11. The van der Waals surface area contributed by atoms with Crippen LogP contribution in [0, 0.1) is 6.92 Å². The Morgan fingerprint density at radius 3 is 2.42 bits per heavy atom. The highest BCUT2D eigenvalue weighted by molar-refractivity contribution is 6.06. The molecule has 0 fully saturated rings. The number of ether oxygens (including phenoxy) is 2. The normalized spacial score (nSPS) is 10.6. The van der Waals surface area contributed by atoms with Gasteiger partial charge in [-0.3, -0.25) is 4.79 Å². The molecule has 0 unspecified atom stereocenters. The minimum atomic E-state index is -1.32. The molecule has 0 amide bonds. The maximum atomic E-state index is 12.1. The van der Waals surface area contributed by atoms with Crippen LogP contribution in [0.2, 0.25) is 0 Å². The van der Waals surface area contributed by atoms with Crippen LogP contribution >= 0.6 is 0 Å². The fraction of sp³-hybridized carbons (Fsp3) is 0.158. The summed E-state index contributed by atoms with van der Waals surface area (Å²) in [5, 5.41) is 10.4. The Labute approximate surface area is 140 Å². The molecule has 124 valence electrons. The number of aliphatic carboxylic acids is 1. The van der Waals surface area contributed by atoms with Gasteiger partial charge in [0.2, 0.25) is 0 Å². The highest BCUT2D eigenvalue weighted by Crippen LogP contribution is 2.28. The first-order valence-corrected chi connectivity index (χ1v) is 7.29. The van der Waals surface area contributed by atoms with Crippen LogP contribution in [0.25, 0.3) is 6.08 Å². The number of aryl methyl sites for hydroxylation is 1. The molecule has 0 atom stereocenters. The van der Waals surface area contributed by atoms with Crippen LogP contribution in [-0.2, 0) is 4.79 Å². The zero-order valence-corrected chi connectivity index (χ0v) is 13.4. The number of hydrogen-bond acceptors (Lipinski definition) is 5. The molecule has 0 heterocycles. The van der Waals surface area contributed by atoms with E-state index in [1.54, 1.807) is 36.4 Å². The largest absolute Gasteiger partial charge is 0.546 e. The zero-order valence-electron chi connectivity index (χ0n) is 13.4. The number of carboxylic acids is 1. The van der Waals surface area contributed by atoms with Gasteiger partial charge in [0.15, 0.2) is 17.3 Å². The number of carbonyl (C=O) groups excluding carboxylic acids is 2. The summed E-state index contributed by atoms with van der Waals surface area (Å²) >= 11 is 0. The minimum Gasteiger partial charge on any atom is -0.546 e. The van der Waals surface area contributed by atoms with Crippen molar-refractivity contribution >= 4 is 17.8 Å². The van der Waals surface area contributed by atoms with Crippen molar-refractivity contribution < 1.29 is 24.2 Å². The van der Waals surface area contributed by atoms with E-state index in [9.17, 15) is 14.7 Å². The lowest BCUT2D eigenvalue weighted by Crippen LogP contribution is -2.29. The van der Waals surface area contributed by atoms with E-state index in [-0.39, 0.29) is 5.78 Å². The first kappa shape index (κ1) is 17.3. The second-order valence-corrected chi connectivity index (χ2v) is 5.13. The highest BCUT2D eigenvalue weighted by Gasteiger charge is 2.06. The number of allylic oxidation sites excluding steroid dienone is 1. The number of carboxylic acid groups (broad SMARTS) is 1. The fourth-order valence-corrected chi connectivity index (χ4v) is 2.03. The lowest BCUT2D eigenvalue weighted by molar-refractivity contribution is -0.307. The Balaban J connectivity index is 2.12. The van der Waals surface area contributed by atoms with Crippen LogP contribution in [0.5, 0.6) is 11.5 Å². The molecule has 5 nitrogen and oxygen atoms in total. The van der Waals surface area contributed by atoms with Gasteiger partial charge in [-0.25, -0.2) is 0 Å². The van der Waals surface area contributed by atoms with Crippen molar-refractivity contribution in [1.29, 1.82) is 0 Å². The summed E-state index contributed by atoms with van der Waals surface area (Å²) in [4.78, 5) is 22.6. The summed E-state index contributed by atoms with van der Waals surface area (Å²) < 4.78 is 10.2. The Morgan fingerprint density at radius 2 is 1.79 bits per heavy atom. The van der Waals surface area contributed by atoms with E-state index in [1.165, 1.54) is 13.2 Å². The number of ketones is 1. The topological polar surface area (TPSA) is 75.7 Å². The number of carbonyl (C=O) groups is 2. The minimum absolute atomic E-state index is 0.105. The fourth-order valence-electron chi connectivity index (χ4n) is 2.03. The van der Waals surface area contributed by atoms with Crippen LogP contribution in [0.4, 0.5) is 0 Å². The Kier molecular flexibility index (Phi) is 5.73. The summed E-state index contributed by atoms with van der Waals surface area (Å²) in [6, 6.07) is 12.3. The van der Waals surface area contributed by atoms with Gasteiger partial charge in [0.05, 0.1) is 13.1 Å². The van der Waals surface area contributed by atoms with Gasteiger partial charge in [-0.15, -0.1) is 0 Å². The molecular formula is C19H17O5-. The van der Waals surface area contributed by atoms with Crippen molar-refractivity contribution in [3.8, 4) is 11.5 Å². The Hall–Kier alpha value is -3.08. The van der Waals surface area contributed by atoms with Gasteiger partial charge in [-0.1, -0.05) is 42.0 Å². The molecule has 0 spiro atoms. The van der Waals surface area contributed by atoms with Gasteiger partial charge < -0.3 is 19.4 Å². The summed E-state index contributed by atoms with van der Waals surface area (Å²) in [6.45, 7) is 1.40. The van der Waals surface area contributed by atoms with E-state index in [0.29, 0.717) is 17.1 Å². The van der Waals surface area contributed by atoms with E-state index in [4.69, 9.17) is 9.47 Å². The Bertz CT molecular complexity index is 760. The van der Waals surface area contributed by atoms with Crippen LogP contribution in [0.1, 0.15) is 21.5 Å². The number of hydrogen-bond donors (Lipinski definition) is 0. The van der Waals surface area contributed by atoms with Crippen LogP contribution in [-0.4, -0.2) is 25.5 Å². The van der Waals surface area contributed by atoms with E-state index in [1.807, 2.05) is 19.1 Å². The molecule has 24 heavy (non-hydrogen) atoms. The molecular weight excluding hydrogens is 308 g/mol.